The molecule has 0 unspecified atom stereocenters. The highest BCUT2D eigenvalue weighted by molar-refractivity contribution is 6.28. The summed E-state index contributed by atoms with van der Waals surface area (Å²) in [5.74, 6) is 0.0672. The first-order valence-electron chi connectivity index (χ1n) is 5.63. The molecule has 1 heterocycles. The molecule has 6 heteroatoms. The van der Waals surface area contributed by atoms with Crippen LogP contribution in [-0.2, 0) is 4.74 Å². The van der Waals surface area contributed by atoms with E-state index in [0.717, 1.165) is 0 Å². The molecular formula is C13H11ClN2O3. The topological polar surface area (TPSA) is 61.3 Å². The Hall–Kier alpha value is -2.14. The first-order valence-corrected chi connectivity index (χ1v) is 6.01. The molecule has 0 atom stereocenters. The van der Waals surface area contributed by atoms with E-state index >= 15 is 0 Å². The van der Waals surface area contributed by atoms with E-state index in [1.54, 1.807) is 19.1 Å². The lowest BCUT2D eigenvalue weighted by Crippen LogP contribution is -2.08. The van der Waals surface area contributed by atoms with Crippen molar-refractivity contribution in [1.29, 1.82) is 0 Å². The molecule has 0 aliphatic rings. The molecule has 2 aromatic rings. The van der Waals surface area contributed by atoms with Crippen molar-refractivity contribution < 1.29 is 14.3 Å². The van der Waals surface area contributed by atoms with Crippen LogP contribution in [0.5, 0.6) is 11.6 Å². The van der Waals surface area contributed by atoms with Crippen molar-refractivity contribution in [3.63, 3.8) is 0 Å². The minimum Gasteiger partial charge on any atom is -0.462 e. The van der Waals surface area contributed by atoms with Crippen LogP contribution in [0.1, 0.15) is 17.3 Å². The number of para-hydroxylation sites is 1. The average molecular weight is 279 g/mol. The van der Waals surface area contributed by atoms with E-state index in [9.17, 15) is 4.79 Å². The van der Waals surface area contributed by atoms with Crippen molar-refractivity contribution in [3.8, 4) is 11.6 Å². The first-order chi connectivity index (χ1) is 9.20. The zero-order valence-electron chi connectivity index (χ0n) is 10.2. The molecule has 0 N–H and O–H groups in total. The summed E-state index contributed by atoms with van der Waals surface area (Å²) in [5.41, 5.74) is 0.134. The van der Waals surface area contributed by atoms with Crippen LogP contribution >= 0.6 is 11.6 Å². The van der Waals surface area contributed by atoms with Crippen molar-refractivity contribution in [3.05, 3.63) is 47.4 Å². The van der Waals surface area contributed by atoms with E-state index in [2.05, 4.69) is 9.97 Å². The predicted octanol–water partition coefficient (Wildman–Crippen LogP) is 3.10. The van der Waals surface area contributed by atoms with Crippen molar-refractivity contribution in [2.75, 3.05) is 6.61 Å². The molecule has 1 aromatic heterocycles. The number of aromatic nitrogens is 2. The van der Waals surface area contributed by atoms with E-state index in [1.807, 2.05) is 18.2 Å². The van der Waals surface area contributed by atoms with Crippen LogP contribution < -0.4 is 4.74 Å². The number of benzene rings is 1. The Morgan fingerprint density at radius 1 is 1.32 bits per heavy atom. The molecule has 0 amide bonds. The molecule has 0 saturated heterocycles. The smallest absolute Gasteiger partial charge is 0.345 e. The van der Waals surface area contributed by atoms with Gasteiger partial charge < -0.3 is 9.47 Å². The van der Waals surface area contributed by atoms with Crippen LogP contribution in [-0.4, -0.2) is 22.5 Å². The van der Waals surface area contributed by atoms with Crippen molar-refractivity contribution >= 4 is 17.6 Å². The third-order valence-corrected chi connectivity index (χ3v) is 2.36. The third kappa shape index (κ3) is 3.42. The van der Waals surface area contributed by atoms with Gasteiger partial charge in [0.05, 0.1) is 12.8 Å². The molecule has 5 nitrogen and oxygen atoms in total. The van der Waals surface area contributed by atoms with Crippen molar-refractivity contribution in [1.82, 2.24) is 9.97 Å². The summed E-state index contributed by atoms with van der Waals surface area (Å²) < 4.78 is 10.4. The SMILES string of the molecule is CCOC(=O)c1cnc(Cl)nc1Oc1ccccc1. The highest BCUT2D eigenvalue weighted by Gasteiger charge is 2.17. The van der Waals surface area contributed by atoms with Crippen LogP contribution in [0.2, 0.25) is 5.28 Å². The maximum atomic E-state index is 11.7. The fourth-order valence-corrected chi connectivity index (χ4v) is 1.50. The van der Waals surface area contributed by atoms with E-state index in [-0.39, 0.29) is 23.3 Å². The number of nitrogens with zero attached hydrogens (tertiary/aromatic N) is 2. The number of halogens is 1. The molecule has 0 spiro atoms. The Kier molecular flexibility index (Phi) is 4.30. The maximum Gasteiger partial charge on any atom is 0.345 e. The second-order valence-corrected chi connectivity index (χ2v) is 3.83. The standard InChI is InChI=1S/C13H11ClN2O3/c1-2-18-12(17)10-8-15-13(14)16-11(10)19-9-6-4-3-5-7-9/h3-8H,2H2,1H3. The minimum atomic E-state index is -0.551. The molecule has 0 saturated carbocycles. The number of carbonyl (C=O) groups is 1. The number of carbonyl (C=O) groups excluding carboxylic acids is 1. The quantitative estimate of drug-likeness (QED) is 0.635. The lowest BCUT2D eigenvalue weighted by Gasteiger charge is -2.09. The molecule has 2 rings (SSSR count). The Morgan fingerprint density at radius 3 is 2.74 bits per heavy atom. The summed E-state index contributed by atoms with van der Waals surface area (Å²) in [4.78, 5) is 19.4. The van der Waals surface area contributed by atoms with Gasteiger partial charge in [0, 0.05) is 0 Å². The molecule has 0 radical (unpaired) electrons. The number of hydrogen-bond donors (Lipinski definition) is 0. The molecule has 1 aromatic carbocycles. The highest BCUT2D eigenvalue weighted by atomic mass is 35.5. The van der Waals surface area contributed by atoms with Gasteiger partial charge in [0.2, 0.25) is 11.2 Å². The molecule has 0 aliphatic heterocycles. The predicted molar refractivity (Wildman–Crippen MR) is 69.5 cm³/mol. The molecule has 19 heavy (non-hydrogen) atoms. The molecule has 98 valence electrons. The van der Waals surface area contributed by atoms with Crippen LogP contribution in [0.4, 0.5) is 0 Å². The van der Waals surface area contributed by atoms with Gasteiger partial charge >= 0.3 is 5.97 Å². The zero-order valence-corrected chi connectivity index (χ0v) is 10.9. The summed E-state index contributed by atoms with van der Waals surface area (Å²) in [7, 11) is 0. The van der Waals surface area contributed by atoms with Gasteiger partial charge in [-0.1, -0.05) is 18.2 Å². The van der Waals surface area contributed by atoms with Gasteiger partial charge in [-0.3, -0.25) is 0 Å². The molecule has 0 fully saturated rings. The van der Waals surface area contributed by atoms with E-state index < -0.39 is 5.97 Å². The van der Waals surface area contributed by atoms with Crippen LogP contribution in [0.3, 0.4) is 0 Å². The average Bonchev–Trinajstić information content (AvgIpc) is 2.40. The van der Waals surface area contributed by atoms with Gasteiger partial charge in [0.1, 0.15) is 11.3 Å². The van der Waals surface area contributed by atoms with E-state index in [0.29, 0.717) is 5.75 Å². The van der Waals surface area contributed by atoms with Crippen molar-refractivity contribution in [2.24, 2.45) is 0 Å². The number of esters is 1. The van der Waals surface area contributed by atoms with Crippen LogP contribution in [0, 0.1) is 0 Å². The van der Waals surface area contributed by atoms with Gasteiger partial charge in [-0.2, -0.15) is 4.98 Å². The van der Waals surface area contributed by atoms with Gasteiger partial charge in [0.25, 0.3) is 0 Å². The first kappa shape index (κ1) is 13.3. The lowest BCUT2D eigenvalue weighted by molar-refractivity contribution is 0.0522. The largest absolute Gasteiger partial charge is 0.462 e. The van der Waals surface area contributed by atoms with Gasteiger partial charge in [-0.05, 0) is 30.7 Å². The van der Waals surface area contributed by atoms with Gasteiger partial charge in [-0.25, -0.2) is 9.78 Å². The Balaban J connectivity index is 2.32. The van der Waals surface area contributed by atoms with Gasteiger partial charge in [-0.15, -0.1) is 0 Å². The molecule has 0 aliphatic carbocycles. The minimum absolute atomic E-state index is 0.000945. The Morgan fingerprint density at radius 2 is 2.05 bits per heavy atom. The molecule has 0 bridgehead atoms. The number of rotatable bonds is 4. The van der Waals surface area contributed by atoms with Crippen LogP contribution in [0.25, 0.3) is 0 Å². The lowest BCUT2D eigenvalue weighted by atomic mass is 10.3. The summed E-state index contributed by atoms with van der Waals surface area (Å²) in [6.45, 7) is 1.97. The highest BCUT2D eigenvalue weighted by Crippen LogP contribution is 2.24. The normalized spacial score (nSPS) is 10.0. The van der Waals surface area contributed by atoms with Crippen molar-refractivity contribution in [2.45, 2.75) is 6.92 Å². The molecular weight excluding hydrogens is 268 g/mol. The van der Waals surface area contributed by atoms with Gasteiger partial charge in [0.15, 0.2) is 0 Å². The number of hydrogen-bond acceptors (Lipinski definition) is 5. The third-order valence-electron chi connectivity index (χ3n) is 2.18. The fourth-order valence-electron chi connectivity index (χ4n) is 1.37. The Bertz CT molecular complexity index is 575. The maximum absolute atomic E-state index is 11.7. The summed E-state index contributed by atoms with van der Waals surface area (Å²) in [5, 5.41) is -0.000945. The number of ether oxygens (including phenoxy) is 2. The fraction of sp³-hybridized carbons (Fsp3) is 0.154. The monoisotopic (exact) mass is 278 g/mol. The zero-order chi connectivity index (χ0) is 13.7. The summed E-state index contributed by atoms with van der Waals surface area (Å²) >= 11 is 5.71. The Labute approximate surface area is 115 Å². The van der Waals surface area contributed by atoms with E-state index in [1.165, 1.54) is 6.20 Å². The summed E-state index contributed by atoms with van der Waals surface area (Å²) in [6.07, 6.45) is 1.28. The summed E-state index contributed by atoms with van der Waals surface area (Å²) in [6, 6.07) is 8.95. The van der Waals surface area contributed by atoms with Crippen LogP contribution in [0.15, 0.2) is 36.5 Å². The van der Waals surface area contributed by atoms with E-state index in [4.69, 9.17) is 21.1 Å². The second kappa shape index (κ2) is 6.15. The second-order valence-electron chi connectivity index (χ2n) is 3.49.